The molecule has 2 aromatic heterocycles. The first-order valence-electron chi connectivity index (χ1n) is 8.86. The maximum atomic E-state index is 13.0. The second-order valence-electron chi connectivity index (χ2n) is 6.44. The van der Waals surface area contributed by atoms with Crippen LogP contribution < -0.4 is 9.64 Å². The van der Waals surface area contributed by atoms with E-state index in [1.54, 1.807) is 18.1 Å². The lowest BCUT2D eigenvalue weighted by atomic mass is 10.1. The Morgan fingerprint density at radius 2 is 1.96 bits per heavy atom. The highest BCUT2D eigenvalue weighted by Gasteiger charge is 2.21. The molecule has 0 unspecified atom stereocenters. The molecule has 0 radical (unpaired) electrons. The fourth-order valence-corrected chi connectivity index (χ4v) is 3.21. The number of nitrogens with zero attached hydrogens (tertiary/aromatic N) is 2. The van der Waals surface area contributed by atoms with Crippen molar-refractivity contribution in [3.63, 3.8) is 0 Å². The van der Waals surface area contributed by atoms with Crippen molar-refractivity contribution in [1.29, 1.82) is 0 Å². The third kappa shape index (κ3) is 3.12. The second kappa shape index (κ2) is 6.76. The molecular weight excluding hydrogens is 340 g/mol. The lowest BCUT2D eigenvalue weighted by Crippen LogP contribution is -2.30. The van der Waals surface area contributed by atoms with Crippen molar-refractivity contribution in [3.8, 4) is 5.75 Å². The van der Waals surface area contributed by atoms with E-state index in [4.69, 9.17) is 9.15 Å². The number of carbonyl (C=O) groups excluding carboxylic acids is 1. The van der Waals surface area contributed by atoms with Crippen LogP contribution in [0, 0.1) is 6.92 Å². The van der Waals surface area contributed by atoms with E-state index in [0.717, 1.165) is 33.3 Å². The lowest BCUT2D eigenvalue weighted by molar-refractivity contribution is 0.0963. The molecule has 4 rings (SSSR count). The van der Waals surface area contributed by atoms with E-state index >= 15 is 0 Å². The van der Waals surface area contributed by atoms with Crippen LogP contribution in [-0.2, 0) is 0 Å². The minimum atomic E-state index is -0.178. The van der Waals surface area contributed by atoms with Crippen LogP contribution in [0.2, 0.25) is 0 Å². The number of ether oxygens (including phenoxy) is 1. The number of aromatic nitrogens is 1. The summed E-state index contributed by atoms with van der Waals surface area (Å²) in [7, 11) is 1.62. The second-order valence-corrected chi connectivity index (χ2v) is 6.44. The number of amides is 1. The Kier molecular flexibility index (Phi) is 4.28. The van der Waals surface area contributed by atoms with Crippen LogP contribution in [0.4, 0.5) is 5.69 Å². The first-order valence-corrected chi connectivity index (χ1v) is 8.86. The molecule has 136 valence electrons. The molecule has 0 bridgehead atoms. The van der Waals surface area contributed by atoms with Gasteiger partial charge in [-0.15, -0.1) is 0 Å². The number of rotatable bonds is 4. The van der Waals surface area contributed by atoms with Gasteiger partial charge in [-0.3, -0.25) is 4.79 Å². The van der Waals surface area contributed by atoms with E-state index < -0.39 is 0 Å². The summed E-state index contributed by atoms with van der Waals surface area (Å²) in [5.74, 6) is 0.833. The minimum Gasteiger partial charge on any atom is -0.497 e. The average molecular weight is 360 g/mol. The predicted octanol–water partition coefficient (Wildman–Crippen LogP) is 4.96. The fourth-order valence-electron chi connectivity index (χ4n) is 3.21. The van der Waals surface area contributed by atoms with Crippen LogP contribution in [-0.4, -0.2) is 24.5 Å². The molecule has 4 aromatic rings. The molecule has 27 heavy (non-hydrogen) atoms. The standard InChI is InChI=1S/C22H20N2O3/c1-4-24(17-7-5-6-14(2)10-17)22(25)20-12-16-11-15-8-9-18(26-3)13-19(15)23-21(16)27-20/h5-13H,4H2,1-3H3. The molecule has 2 aromatic carbocycles. The molecule has 0 saturated carbocycles. The van der Waals surface area contributed by atoms with Gasteiger partial charge in [-0.25, -0.2) is 4.98 Å². The molecule has 0 fully saturated rings. The van der Waals surface area contributed by atoms with Gasteiger partial charge in [0.1, 0.15) is 5.75 Å². The van der Waals surface area contributed by atoms with Gasteiger partial charge in [0, 0.05) is 29.1 Å². The topological polar surface area (TPSA) is 55.6 Å². The normalized spacial score (nSPS) is 11.1. The number of methoxy groups -OCH3 is 1. The summed E-state index contributed by atoms with van der Waals surface area (Å²) >= 11 is 0. The fraction of sp³-hybridized carbons (Fsp3) is 0.182. The van der Waals surface area contributed by atoms with Crippen LogP contribution >= 0.6 is 0 Å². The maximum absolute atomic E-state index is 13.0. The van der Waals surface area contributed by atoms with Gasteiger partial charge >= 0.3 is 0 Å². The smallest absolute Gasteiger partial charge is 0.294 e. The summed E-state index contributed by atoms with van der Waals surface area (Å²) in [5.41, 5.74) is 3.16. The minimum absolute atomic E-state index is 0.178. The van der Waals surface area contributed by atoms with Gasteiger partial charge in [-0.2, -0.15) is 0 Å². The third-order valence-electron chi connectivity index (χ3n) is 4.60. The lowest BCUT2D eigenvalue weighted by Gasteiger charge is -2.20. The largest absolute Gasteiger partial charge is 0.497 e. The number of hydrogen-bond acceptors (Lipinski definition) is 4. The Bertz CT molecular complexity index is 1150. The molecular formula is C22H20N2O3. The molecule has 0 aliphatic heterocycles. The van der Waals surface area contributed by atoms with Crippen molar-refractivity contribution in [2.45, 2.75) is 13.8 Å². The predicted molar refractivity (Wildman–Crippen MR) is 107 cm³/mol. The zero-order valence-electron chi connectivity index (χ0n) is 15.5. The van der Waals surface area contributed by atoms with Crippen molar-refractivity contribution >= 4 is 33.6 Å². The summed E-state index contributed by atoms with van der Waals surface area (Å²) in [6, 6.07) is 17.3. The van der Waals surface area contributed by atoms with Gasteiger partial charge in [-0.05, 0) is 55.8 Å². The van der Waals surface area contributed by atoms with Crippen LogP contribution in [0.25, 0.3) is 22.0 Å². The zero-order chi connectivity index (χ0) is 19.0. The molecule has 0 saturated heterocycles. The third-order valence-corrected chi connectivity index (χ3v) is 4.60. The molecule has 0 aliphatic carbocycles. The van der Waals surface area contributed by atoms with Crippen LogP contribution in [0.15, 0.2) is 59.0 Å². The Morgan fingerprint density at radius 3 is 2.70 bits per heavy atom. The number of anilines is 1. The summed E-state index contributed by atoms with van der Waals surface area (Å²) in [4.78, 5) is 19.3. The average Bonchev–Trinajstić information content (AvgIpc) is 3.09. The SMILES string of the molecule is CCN(C(=O)c1cc2cc3ccc(OC)cc3nc2o1)c1cccc(C)c1. The molecule has 1 amide bonds. The molecule has 2 heterocycles. The summed E-state index contributed by atoms with van der Waals surface area (Å²) in [6.07, 6.45) is 0. The van der Waals surface area contributed by atoms with Gasteiger partial charge in [0.2, 0.25) is 5.71 Å². The van der Waals surface area contributed by atoms with Crippen molar-refractivity contribution in [1.82, 2.24) is 4.98 Å². The first kappa shape index (κ1) is 17.1. The van der Waals surface area contributed by atoms with Crippen LogP contribution in [0.1, 0.15) is 23.0 Å². The monoisotopic (exact) mass is 360 g/mol. The van der Waals surface area contributed by atoms with E-state index in [1.807, 2.05) is 62.4 Å². The van der Waals surface area contributed by atoms with E-state index in [2.05, 4.69) is 4.98 Å². The highest BCUT2D eigenvalue weighted by atomic mass is 16.5. The molecule has 0 spiro atoms. The summed E-state index contributed by atoms with van der Waals surface area (Å²) < 4.78 is 11.1. The van der Waals surface area contributed by atoms with Gasteiger partial charge in [0.25, 0.3) is 5.91 Å². The number of carbonyl (C=O) groups is 1. The van der Waals surface area contributed by atoms with E-state index in [9.17, 15) is 4.79 Å². The molecule has 5 nitrogen and oxygen atoms in total. The molecule has 5 heteroatoms. The van der Waals surface area contributed by atoms with Gasteiger partial charge < -0.3 is 14.1 Å². The van der Waals surface area contributed by atoms with Gasteiger partial charge in [0.15, 0.2) is 5.76 Å². The van der Waals surface area contributed by atoms with E-state index in [-0.39, 0.29) is 11.7 Å². The number of hydrogen-bond donors (Lipinski definition) is 0. The highest BCUT2D eigenvalue weighted by molar-refractivity contribution is 6.06. The number of pyridine rings is 1. The maximum Gasteiger partial charge on any atom is 0.294 e. The Hall–Kier alpha value is -3.34. The number of furan rings is 1. The van der Waals surface area contributed by atoms with Gasteiger partial charge in [-0.1, -0.05) is 12.1 Å². The number of fused-ring (bicyclic) bond motifs is 2. The molecule has 0 atom stereocenters. The van der Waals surface area contributed by atoms with Gasteiger partial charge in [0.05, 0.1) is 12.6 Å². The van der Waals surface area contributed by atoms with Crippen molar-refractivity contribution in [3.05, 3.63) is 65.9 Å². The Morgan fingerprint density at radius 1 is 1.11 bits per heavy atom. The van der Waals surface area contributed by atoms with Crippen LogP contribution in [0.5, 0.6) is 5.75 Å². The van der Waals surface area contributed by atoms with Crippen molar-refractivity contribution in [2.75, 3.05) is 18.6 Å². The molecule has 0 aliphatic rings. The number of aryl methyl sites for hydroxylation is 1. The number of benzene rings is 2. The Labute approximate surface area is 157 Å². The van der Waals surface area contributed by atoms with Crippen molar-refractivity contribution < 1.29 is 13.9 Å². The zero-order valence-corrected chi connectivity index (χ0v) is 15.5. The quantitative estimate of drug-likeness (QED) is 0.516. The summed E-state index contributed by atoms with van der Waals surface area (Å²) in [5, 5.41) is 1.77. The van der Waals surface area contributed by atoms with E-state index in [0.29, 0.717) is 12.3 Å². The first-order chi connectivity index (χ1) is 13.1. The highest BCUT2D eigenvalue weighted by Crippen LogP contribution is 2.27. The van der Waals surface area contributed by atoms with Crippen LogP contribution in [0.3, 0.4) is 0 Å². The van der Waals surface area contributed by atoms with Crippen molar-refractivity contribution in [2.24, 2.45) is 0 Å². The molecule has 0 N–H and O–H groups in total. The Balaban J connectivity index is 1.76. The van der Waals surface area contributed by atoms with E-state index in [1.165, 1.54) is 0 Å². The summed E-state index contributed by atoms with van der Waals surface area (Å²) in [6.45, 7) is 4.50.